The fourth-order valence-corrected chi connectivity index (χ4v) is 2.86. The fraction of sp³-hybridized carbons (Fsp3) is 0.636. The summed E-state index contributed by atoms with van der Waals surface area (Å²) in [7, 11) is 0. The lowest BCUT2D eigenvalue weighted by atomic mass is 9.72. The van der Waals surface area contributed by atoms with Gasteiger partial charge in [-0.25, -0.2) is 4.98 Å². The normalized spacial score (nSPS) is 32.9. The van der Waals surface area contributed by atoms with E-state index in [0.29, 0.717) is 11.1 Å². The fourth-order valence-electron chi connectivity index (χ4n) is 2.63. The zero-order valence-electron chi connectivity index (χ0n) is 9.15. The first-order valence-electron chi connectivity index (χ1n) is 5.55. The molecule has 0 unspecified atom stereocenters. The van der Waals surface area contributed by atoms with Gasteiger partial charge in [0.25, 0.3) is 0 Å². The highest BCUT2D eigenvalue weighted by Crippen LogP contribution is 2.44. The van der Waals surface area contributed by atoms with Gasteiger partial charge in [-0.2, -0.15) is 0 Å². The van der Waals surface area contributed by atoms with Crippen molar-refractivity contribution in [1.82, 2.24) is 9.55 Å². The van der Waals surface area contributed by atoms with Crippen molar-refractivity contribution in [3.05, 3.63) is 17.7 Å². The van der Waals surface area contributed by atoms with Crippen LogP contribution in [0.25, 0.3) is 0 Å². The van der Waals surface area contributed by atoms with Crippen LogP contribution in [0.15, 0.2) is 11.2 Å². The van der Waals surface area contributed by atoms with E-state index >= 15 is 0 Å². The van der Waals surface area contributed by atoms with Crippen molar-refractivity contribution in [2.24, 2.45) is 4.99 Å². The van der Waals surface area contributed by atoms with Crippen LogP contribution < -0.4 is 0 Å². The smallest absolute Gasteiger partial charge is 0.149 e. The number of aliphatic imine (C=N–C) groups is 1. The predicted octanol–water partition coefficient (Wildman–Crippen LogP) is 1.51. The summed E-state index contributed by atoms with van der Waals surface area (Å²) in [5.41, 5.74) is 0.401. The first-order chi connectivity index (χ1) is 7.57. The van der Waals surface area contributed by atoms with Crippen LogP contribution in [0.2, 0.25) is 0 Å². The maximum atomic E-state index is 9.75. The van der Waals surface area contributed by atoms with E-state index < -0.39 is 5.60 Å². The van der Waals surface area contributed by atoms with Gasteiger partial charge in [-0.05, 0) is 19.8 Å². The van der Waals surface area contributed by atoms with Crippen LogP contribution in [0.4, 0.5) is 0 Å². The SMILES string of the molecule is CC1(O)CC(c2ncc3n2CCN=C3Cl)C1. The molecule has 86 valence electrons. The Labute approximate surface area is 99.0 Å². The number of imidazole rings is 1. The van der Waals surface area contributed by atoms with Gasteiger partial charge in [0, 0.05) is 12.5 Å². The maximum Gasteiger partial charge on any atom is 0.149 e. The second kappa shape index (κ2) is 3.31. The molecule has 2 aliphatic rings. The number of fused-ring (bicyclic) bond motifs is 1. The van der Waals surface area contributed by atoms with Gasteiger partial charge in [0.1, 0.15) is 11.0 Å². The van der Waals surface area contributed by atoms with Crippen molar-refractivity contribution >= 4 is 16.8 Å². The number of rotatable bonds is 1. The van der Waals surface area contributed by atoms with Gasteiger partial charge in [-0.1, -0.05) is 11.6 Å². The summed E-state index contributed by atoms with van der Waals surface area (Å²) in [6.07, 6.45) is 3.36. The van der Waals surface area contributed by atoms with E-state index in [2.05, 4.69) is 14.5 Å². The lowest BCUT2D eigenvalue weighted by Crippen LogP contribution is -2.40. The van der Waals surface area contributed by atoms with E-state index in [1.165, 1.54) is 0 Å². The van der Waals surface area contributed by atoms with Crippen LogP contribution in [0.3, 0.4) is 0 Å². The molecule has 0 saturated heterocycles. The molecule has 0 amide bonds. The molecule has 0 spiro atoms. The number of nitrogens with zero attached hydrogens (tertiary/aromatic N) is 3. The third-order valence-corrected chi connectivity index (χ3v) is 3.72. The highest BCUT2D eigenvalue weighted by molar-refractivity contribution is 6.69. The first kappa shape index (κ1) is 10.3. The van der Waals surface area contributed by atoms with Gasteiger partial charge >= 0.3 is 0 Å². The minimum atomic E-state index is -0.510. The third kappa shape index (κ3) is 1.48. The molecule has 2 heterocycles. The number of hydrogen-bond donors (Lipinski definition) is 1. The lowest BCUT2D eigenvalue weighted by Gasteiger charge is -2.40. The van der Waals surface area contributed by atoms with Crippen molar-refractivity contribution in [2.45, 2.75) is 37.8 Å². The number of hydrogen-bond acceptors (Lipinski definition) is 3. The Morgan fingerprint density at radius 1 is 1.56 bits per heavy atom. The molecule has 5 heteroatoms. The Balaban J connectivity index is 1.91. The van der Waals surface area contributed by atoms with Gasteiger partial charge in [-0.3, -0.25) is 4.99 Å². The van der Waals surface area contributed by atoms with Crippen LogP contribution in [-0.4, -0.2) is 32.0 Å². The van der Waals surface area contributed by atoms with Gasteiger partial charge in [0.05, 0.1) is 24.0 Å². The minimum absolute atomic E-state index is 0.367. The molecule has 0 bridgehead atoms. The molecule has 1 aromatic rings. The number of aromatic nitrogens is 2. The summed E-state index contributed by atoms with van der Waals surface area (Å²) in [6, 6.07) is 0. The van der Waals surface area contributed by atoms with Crippen molar-refractivity contribution in [1.29, 1.82) is 0 Å². The second-order valence-corrected chi connectivity index (χ2v) is 5.29. The van der Waals surface area contributed by atoms with Gasteiger partial charge in [0.2, 0.25) is 0 Å². The Morgan fingerprint density at radius 2 is 2.31 bits per heavy atom. The predicted molar refractivity (Wildman–Crippen MR) is 62.1 cm³/mol. The zero-order valence-corrected chi connectivity index (χ0v) is 9.91. The Hall–Kier alpha value is -0.870. The molecule has 0 atom stereocenters. The number of halogens is 1. The molecular formula is C11H14ClN3O. The zero-order chi connectivity index (χ0) is 11.3. The van der Waals surface area contributed by atoms with E-state index in [0.717, 1.165) is 37.4 Å². The molecule has 1 N–H and O–H groups in total. The van der Waals surface area contributed by atoms with Crippen LogP contribution in [-0.2, 0) is 6.54 Å². The van der Waals surface area contributed by atoms with E-state index in [9.17, 15) is 5.11 Å². The van der Waals surface area contributed by atoms with E-state index in [-0.39, 0.29) is 0 Å². The molecule has 1 aliphatic heterocycles. The molecule has 16 heavy (non-hydrogen) atoms. The maximum absolute atomic E-state index is 9.75. The summed E-state index contributed by atoms with van der Waals surface area (Å²) in [5, 5.41) is 10.3. The molecule has 1 aromatic heterocycles. The molecule has 0 aromatic carbocycles. The van der Waals surface area contributed by atoms with Crippen LogP contribution in [0.1, 0.15) is 37.2 Å². The second-order valence-electron chi connectivity index (χ2n) is 4.93. The minimum Gasteiger partial charge on any atom is -0.390 e. The number of aliphatic hydroxyl groups is 1. The van der Waals surface area contributed by atoms with Crippen LogP contribution >= 0.6 is 11.6 Å². The molecule has 4 nitrogen and oxygen atoms in total. The van der Waals surface area contributed by atoms with Crippen LogP contribution in [0.5, 0.6) is 0 Å². The van der Waals surface area contributed by atoms with E-state index in [1.807, 2.05) is 6.92 Å². The van der Waals surface area contributed by atoms with E-state index in [1.54, 1.807) is 6.20 Å². The quantitative estimate of drug-likeness (QED) is 0.808. The summed E-state index contributed by atoms with van der Waals surface area (Å²) >= 11 is 6.02. The molecule has 1 fully saturated rings. The van der Waals surface area contributed by atoms with Crippen molar-refractivity contribution < 1.29 is 5.11 Å². The van der Waals surface area contributed by atoms with Crippen molar-refractivity contribution in [2.75, 3.05) is 6.54 Å². The Bertz CT molecular complexity index is 456. The van der Waals surface area contributed by atoms with Gasteiger partial charge in [-0.15, -0.1) is 0 Å². The monoisotopic (exact) mass is 239 g/mol. The van der Waals surface area contributed by atoms with Crippen molar-refractivity contribution in [3.8, 4) is 0 Å². The average Bonchev–Trinajstić information content (AvgIpc) is 2.59. The van der Waals surface area contributed by atoms with Crippen molar-refractivity contribution in [3.63, 3.8) is 0 Å². The summed E-state index contributed by atoms with van der Waals surface area (Å²) in [4.78, 5) is 8.61. The molecule has 3 rings (SSSR count). The average molecular weight is 240 g/mol. The first-order valence-corrected chi connectivity index (χ1v) is 5.93. The standard InChI is InChI=1S/C11H14ClN3O/c1-11(16)4-7(5-11)10-14-6-8-9(12)13-2-3-15(8)10/h6-7,16H,2-5H2,1H3. The van der Waals surface area contributed by atoms with Gasteiger partial charge < -0.3 is 9.67 Å². The molecule has 1 aliphatic carbocycles. The molecule has 0 radical (unpaired) electrons. The highest BCUT2D eigenvalue weighted by Gasteiger charge is 2.41. The van der Waals surface area contributed by atoms with Gasteiger partial charge in [0.15, 0.2) is 0 Å². The highest BCUT2D eigenvalue weighted by atomic mass is 35.5. The largest absolute Gasteiger partial charge is 0.390 e. The van der Waals surface area contributed by atoms with Crippen LogP contribution in [0, 0.1) is 0 Å². The molecular weight excluding hydrogens is 226 g/mol. The van der Waals surface area contributed by atoms with E-state index in [4.69, 9.17) is 11.6 Å². The molecule has 1 saturated carbocycles. The Kier molecular flexibility index (Phi) is 2.13. The third-order valence-electron chi connectivity index (χ3n) is 3.41. The summed E-state index contributed by atoms with van der Waals surface area (Å²) in [6.45, 7) is 3.44. The summed E-state index contributed by atoms with van der Waals surface area (Å²) in [5.74, 6) is 1.42. The summed E-state index contributed by atoms with van der Waals surface area (Å²) < 4.78 is 2.13. The Morgan fingerprint density at radius 3 is 3.00 bits per heavy atom. The lowest BCUT2D eigenvalue weighted by molar-refractivity contribution is -0.0341. The topological polar surface area (TPSA) is 50.4 Å².